The van der Waals surface area contributed by atoms with Gasteiger partial charge in [0.2, 0.25) is 5.75 Å². The summed E-state index contributed by atoms with van der Waals surface area (Å²) in [6.07, 6.45) is 5.92. The first kappa shape index (κ1) is 18.7. The molecule has 148 valence electrons. The standard InChI is InChI=1S/C21H24FN3O3/c1-13-11-14(5-6-15(13)22)12-23-18(27)16-17(26)19(28)25-10-4-9-21(20(25)24-16)7-2-3-8-21/h5-6,11,26H,2-4,7-10,12H2,1H3,(H,23,27). The Balaban J connectivity index is 1.64. The molecule has 1 spiro atoms. The number of carbonyl (C=O) groups excluding carboxylic acids is 1. The zero-order valence-corrected chi connectivity index (χ0v) is 15.9. The predicted octanol–water partition coefficient (Wildman–Crippen LogP) is 2.93. The van der Waals surface area contributed by atoms with E-state index in [0.717, 1.165) is 44.1 Å². The Bertz CT molecular complexity index is 993. The van der Waals surface area contributed by atoms with Gasteiger partial charge >= 0.3 is 0 Å². The summed E-state index contributed by atoms with van der Waals surface area (Å²) < 4.78 is 14.9. The number of rotatable bonds is 3. The number of hydrogen-bond donors (Lipinski definition) is 2. The molecule has 1 aromatic heterocycles. The molecule has 1 amide bonds. The van der Waals surface area contributed by atoms with Crippen molar-refractivity contribution >= 4 is 5.91 Å². The van der Waals surface area contributed by atoms with E-state index in [-0.39, 0.29) is 23.5 Å². The number of halogens is 1. The van der Waals surface area contributed by atoms with E-state index < -0.39 is 17.2 Å². The Hall–Kier alpha value is -2.70. The molecule has 2 N–H and O–H groups in total. The van der Waals surface area contributed by atoms with Crippen LogP contribution in [0.5, 0.6) is 5.75 Å². The van der Waals surface area contributed by atoms with Crippen molar-refractivity contribution in [2.45, 2.75) is 64.0 Å². The zero-order valence-electron chi connectivity index (χ0n) is 15.9. The van der Waals surface area contributed by atoms with Crippen LogP contribution in [0.4, 0.5) is 4.39 Å². The number of aromatic hydroxyl groups is 1. The van der Waals surface area contributed by atoms with E-state index in [1.54, 1.807) is 23.6 Å². The molecule has 1 aliphatic heterocycles. The number of aryl methyl sites for hydroxylation is 1. The van der Waals surface area contributed by atoms with Crippen LogP contribution in [0.15, 0.2) is 23.0 Å². The molecule has 2 aromatic rings. The summed E-state index contributed by atoms with van der Waals surface area (Å²) in [6.45, 7) is 2.33. The smallest absolute Gasteiger partial charge is 0.296 e. The van der Waals surface area contributed by atoms with Gasteiger partial charge < -0.3 is 10.4 Å². The molecule has 0 atom stereocenters. The number of carbonyl (C=O) groups is 1. The number of aromatic nitrogens is 2. The molecule has 0 unspecified atom stereocenters. The Labute approximate surface area is 162 Å². The van der Waals surface area contributed by atoms with Gasteiger partial charge in [-0.3, -0.25) is 14.2 Å². The molecule has 4 rings (SSSR count). The van der Waals surface area contributed by atoms with Crippen LogP contribution in [0.3, 0.4) is 0 Å². The Morgan fingerprint density at radius 3 is 2.71 bits per heavy atom. The summed E-state index contributed by atoms with van der Waals surface area (Å²) in [5.41, 5.74) is 0.299. The quantitative estimate of drug-likeness (QED) is 0.851. The molecule has 1 saturated carbocycles. The number of nitrogens with zero attached hydrogens (tertiary/aromatic N) is 2. The highest BCUT2D eigenvalue weighted by molar-refractivity contribution is 5.94. The summed E-state index contributed by atoms with van der Waals surface area (Å²) in [6, 6.07) is 4.59. The minimum atomic E-state index is -0.605. The van der Waals surface area contributed by atoms with E-state index in [1.165, 1.54) is 6.07 Å². The highest BCUT2D eigenvalue weighted by atomic mass is 19.1. The first-order valence-electron chi connectivity index (χ1n) is 9.79. The summed E-state index contributed by atoms with van der Waals surface area (Å²) in [4.78, 5) is 29.9. The molecule has 0 saturated heterocycles. The van der Waals surface area contributed by atoms with Crippen LogP contribution in [-0.2, 0) is 18.5 Å². The minimum absolute atomic E-state index is 0.157. The molecule has 2 aliphatic rings. The first-order chi connectivity index (χ1) is 13.4. The van der Waals surface area contributed by atoms with Crippen LogP contribution in [0.2, 0.25) is 0 Å². The second kappa shape index (κ2) is 7.04. The number of hydrogen-bond acceptors (Lipinski definition) is 4. The van der Waals surface area contributed by atoms with Crippen molar-refractivity contribution in [2.75, 3.05) is 0 Å². The third kappa shape index (κ3) is 3.08. The lowest BCUT2D eigenvalue weighted by molar-refractivity contribution is 0.0940. The monoisotopic (exact) mass is 385 g/mol. The van der Waals surface area contributed by atoms with E-state index in [1.807, 2.05) is 0 Å². The van der Waals surface area contributed by atoms with Gasteiger partial charge in [0.1, 0.15) is 11.6 Å². The highest BCUT2D eigenvalue weighted by Gasteiger charge is 2.42. The third-order valence-corrected chi connectivity index (χ3v) is 6.11. The van der Waals surface area contributed by atoms with Crippen LogP contribution < -0.4 is 10.9 Å². The first-order valence-corrected chi connectivity index (χ1v) is 9.79. The van der Waals surface area contributed by atoms with Gasteiger partial charge in [-0.05, 0) is 49.8 Å². The van der Waals surface area contributed by atoms with Crippen LogP contribution in [-0.4, -0.2) is 20.6 Å². The average molecular weight is 385 g/mol. The Morgan fingerprint density at radius 2 is 2.00 bits per heavy atom. The highest BCUT2D eigenvalue weighted by Crippen LogP contribution is 2.45. The topological polar surface area (TPSA) is 84.2 Å². The van der Waals surface area contributed by atoms with Crippen LogP contribution in [0.25, 0.3) is 0 Å². The summed E-state index contributed by atoms with van der Waals surface area (Å²) >= 11 is 0. The van der Waals surface area contributed by atoms with Crippen LogP contribution >= 0.6 is 0 Å². The Kier molecular flexibility index (Phi) is 4.69. The van der Waals surface area contributed by atoms with Gasteiger partial charge in [-0.25, -0.2) is 9.37 Å². The summed E-state index contributed by atoms with van der Waals surface area (Å²) in [5, 5.41) is 13.0. The molecule has 28 heavy (non-hydrogen) atoms. The van der Waals surface area contributed by atoms with Gasteiger partial charge in [0.25, 0.3) is 11.5 Å². The maximum atomic E-state index is 13.4. The molecule has 1 aliphatic carbocycles. The van der Waals surface area contributed by atoms with E-state index in [9.17, 15) is 19.1 Å². The second-order valence-corrected chi connectivity index (χ2v) is 7.95. The van der Waals surface area contributed by atoms with E-state index in [0.29, 0.717) is 17.9 Å². The average Bonchev–Trinajstić information content (AvgIpc) is 3.15. The van der Waals surface area contributed by atoms with Crippen molar-refractivity contribution < 1.29 is 14.3 Å². The van der Waals surface area contributed by atoms with Gasteiger partial charge in [0.15, 0.2) is 5.69 Å². The number of amides is 1. The summed E-state index contributed by atoms with van der Waals surface area (Å²) in [5.74, 6) is -0.869. The van der Waals surface area contributed by atoms with Crippen molar-refractivity contribution in [3.63, 3.8) is 0 Å². The SMILES string of the molecule is Cc1cc(CNC(=O)c2nc3n(c(=O)c2O)CCCC32CCCC2)ccc1F. The molecular weight excluding hydrogens is 361 g/mol. The minimum Gasteiger partial charge on any atom is -0.501 e. The lowest BCUT2D eigenvalue weighted by Gasteiger charge is -2.35. The van der Waals surface area contributed by atoms with Crippen molar-refractivity contribution in [3.8, 4) is 5.75 Å². The molecule has 1 aromatic carbocycles. The fourth-order valence-corrected chi connectivity index (χ4v) is 4.61. The van der Waals surface area contributed by atoms with Gasteiger partial charge in [0.05, 0.1) is 0 Å². The molecular formula is C21H24FN3O3. The maximum absolute atomic E-state index is 13.4. The molecule has 6 nitrogen and oxygen atoms in total. The van der Waals surface area contributed by atoms with Crippen LogP contribution in [0, 0.1) is 12.7 Å². The number of nitrogens with one attached hydrogen (secondary N) is 1. The van der Waals surface area contributed by atoms with Gasteiger partial charge in [-0.15, -0.1) is 0 Å². The lowest BCUT2D eigenvalue weighted by atomic mass is 9.78. The fraction of sp³-hybridized carbons (Fsp3) is 0.476. The van der Waals surface area contributed by atoms with Crippen molar-refractivity contribution in [1.82, 2.24) is 14.9 Å². The largest absolute Gasteiger partial charge is 0.501 e. The molecule has 7 heteroatoms. The fourth-order valence-electron chi connectivity index (χ4n) is 4.61. The number of benzene rings is 1. The van der Waals surface area contributed by atoms with Gasteiger partial charge in [0, 0.05) is 18.5 Å². The molecule has 0 bridgehead atoms. The van der Waals surface area contributed by atoms with Crippen LogP contribution in [0.1, 0.15) is 66.0 Å². The van der Waals surface area contributed by atoms with Gasteiger partial charge in [-0.1, -0.05) is 25.0 Å². The van der Waals surface area contributed by atoms with Crippen molar-refractivity contribution in [3.05, 3.63) is 57.0 Å². The number of fused-ring (bicyclic) bond motifs is 2. The maximum Gasteiger partial charge on any atom is 0.296 e. The molecule has 0 radical (unpaired) electrons. The third-order valence-electron chi connectivity index (χ3n) is 6.11. The summed E-state index contributed by atoms with van der Waals surface area (Å²) in [7, 11) is 0. The molecule has 1 fully saturated rings. The normalized spacial score (nSPS) is 17.5. The predicted molar refractivity (Wildman–Crippen MR) is 102 cm³/mol. The lowest BCUT2D eigenvalue weighted by Crippen LogP contribution is -2.41. The van der Waals surface area contributed by atoms with E-state index in [2.05, 4.69) is 10.3 Å². The zero-order chi connectivity index (χ0) is 19.9. The van der Waals surface area contributed by atoms with E-state index in [4.69, 9.17) is 0 Å². The van der Waals surface area contributed by atoms with Crippen molar-refractivity contribution in [1.29, 1.82) is 0 Å². The van der Waals surface area contributed by atoms with Gasteiger partial charge in [-0.2, -0.15) is 0 Å². The molecule has 2 heterocycles. The van der Waals surface area contributed by atoms with E-state index >= 15 is 0 Å². The Morgan fingerprint density at radius 1 is 1.29 bits per heavy atom. The second-order valence-electron chi connectivity index (χ2n) is 7.95. The van der Waals surface area contributed by atoms with Crippen molar-refractivity contribution in [2.24, 2.45) is 0 Å².